The minimum atomic E-state index is -0.619. The van der Waals surface area contributed by atoms with Crippen LogP contribution >= 0.6 is 0 Å². The number of imidazole rings is 1. The predicted molar refractivity (Wildman–Crippen MR) is 43.7 cm³/mol. The van der Waals surface area contributed by atoms with Gasteiger partial charge in [0, 0.05) is 0 Å². The first kappa shape index (κ1) is 8.16. The number of aromatic hydroxyl groups is 1. The van der Waals surface area contributed by atoms with Crippen molar-refractivity contribution >= 4 is 22.9 Å². The third kappa shape index (κ3) is 0.620. The van der Waals surface area contributed by atoms with Crippen molar-refractivity contribution in [2.75, 3.05) is 11.5 Å². The maximum atomic E-state index is 11.2. The molecule has 2 aromatic heterocycles. The molecule has 7 N–H and O–H groups in total. The summed E-state index contributed by atoms with van der Waals surface area (Å²) >= 11 is 0. The molecule has 0 aliphatic rings. The zero-order valence-electron chi connectivity index (χ0n) is 6.75. The largest absolute Gasteiger partial charge is 0.754 e. The third-order valence-electron chi connectivity index (χ3n) is 1.94. The van der Waals surface area contributed by atoms with Crippen LogP contribution in [0.25, 0.3) is 11.2 Å². The molecule has 2 aromatic rings. The lowest BCUT2D eigenvalue weighted by Crippen LogP contribution is -2.31. The van der Waals surface area contributed by atoms with E-state index in [4.69, 9.17) is 11.5 Å². The molecule has 2 rings (SSSR count). The van der Waals surface area contributed by atoms with Crippen molar-refractivity contribution in [2.24, 2.45) is 0 Å². The maximum absolute atomic E-state index is 11.2. The lowest BCUT2D eigenvalue weighted by Gasteiger charge is -2.01. The summed E-state index contributed by atoms with van der Waals surface area (Å²) in [6, 6.07) is 0. The quantitative estimate of drug-likeness (QED) is 0.197. The van der Waals surface area contributed by atoms with Crippen LogP contribution in [0.1, 0.15) is 0 Å². The third-order valence-corrected chi connectivity index (χ3v) is 1.94. The van der Waals surface area contributed by atoms with Gasteiger partial charge in [0.15, 0.2) is 0 Å². The Bertz CT molecular complexity index is 439. The molecule has 0 aliphatic heterocycles. The van der Waals surface area contributed by atoms with Gasteiger partial charge >= 0.3 is 5.95 Å². The van der Waals surface area contributed by atoms with E-state index in [9.17, 15) is 20.7 Å². The van der Waals surface area contributed by atoms with Crippen LogP contribution in [0.3, 0.4) is 0 Å². The molecular weight excluding hydrogens is 194 g/mol. The monoisotopic (exact) mass is 201 g/mol. The van der Waals surface area contributed by atoms with Crippen LogP contribution in [0.15, 0.2) is 0 Å². The number of nitrogens with two attached hydrogens (primary N) is 2. The Morgan fingerprint density at radius 1 is 1.21 bits per heavy atom. The van der Waals surface area contributed by atoms with Gasteiger partial charge in [0.2, 0.25) is 17.1 Å². The Kier molecular flexibility index (Phi) is 1.21. The Morgan fingerprint density at radius 2 is 1.79 bits per heavy atom. The number of anilines is 2. The van der Waals surface area contributed by atoms with E-state index in [0.717, 1.165) is 0 Å². The molecule has 0 bridgehead atoms. The lowest BCUT2D eigenvalue weighted by atomic mass is 10.5. The van der Waals surface area contributed by atoms with Crippen molar-refractivity contribution in [1.82, 2.24) is 9.46 Å². The van der Waals surface area contributed by atoms with Crippen molar-refractivity contribution in [3.8, 4) is 5.75 Å². The van der Waals surface area contributed by atoms with Gasteiger partial charge in [-0.1, -0.05) is 9.46 Å². The fourth-order valence-corrected chi connectivity index (χ4v) is 1.23. The minimum absolute atomic E-state index is 0.0331. The number of nitrogen functional groups attached to an aromatic ring is 2. The molecule has 0 aliphatic carbocycles. The number of hydrogen-bond donors (Lipinski definition) is 5. The van der Waals surface area contributed by atoms with Crippen LogP contribution in [0.5, 0.6) is 5.75 Å². The molecule has 0 unspecified atom stereocenters. The summed E-state index contributed by atoms with van der Waals surface area (Å²) < 4.78 is 0.507. The number of rotatable bonds is 0. The average Bonchev–Trinajstić information content (AvgIpc) is 2.51. The van der Waals surface area contributed by atoms with Gasteiger partial charge < -0.3 is 32.2 Å². The van der Waals surface area contributed by atoms with Crippen LogP contribution in [0.2, 0.25) is 0 Å². The van der Waals surface area contributed by atoms with E-state index >= 15 is 0 Å². The second kappa shape index (κ2) is 2.07. The highest BCUT2D eigenvalue weighted by Gasteiger charge is 2.29. The number of fused-ring (bicyclic) bond motifs is 1. The first-order chi connectivity index (χ1) is 6.46. The standard InChI is InChI=1S/C5H7N5O4/c6-3-2(11)1-4(9(3)13)10(14)5(7)8(1)12/h11-13H,6-7H2. The summed E-state index contributed by atoms with van der Waals surface area (Å²) in [5.41, 5.74) is 9.53. The van der Waals surface area contributed by atoms with Crippen LogP contribution < -0.4 is 16.2 Å². The summed E-state index contributed by atoms with van der Waals surface area (Å²) in [7, 11) is 0. The van der Waals surface area contributed by atoms with E-state index in [-0.39, 0.29) is 19.7 Å². The van der Waals surface area contributed by atoms with E-state index in [1.165, 1.54) is 0 Å². The van der Waals surface area contributed by atoms with Gasteiger partial charge in [0.05, 0.1) is 0 Å². The molecule has 0 atom stereocenters. The molecule has 0 spiro atoms. The van der Waals surface area contributed by atoms with Gasteiger partial charge in [-0.05, 0) is 0 Å². The minimum Gasteiger partial charge on any atom is -0.754 e. The summed E-state index contributed by atoms with van der Waals surface area (Å²) in [5, 5.41) is 39.0. The molecule has 9 nitrogen and oxygen atoms in total. The molecule has 14 heavy (non-hydrogen) atoms. The van der Waals surface area contributed by atoms with Crippen molar-refractivity contribution in [1.29, 1.82) is 0 Å². The highest BCUT2D eigenvalue weighted by atomic mass is 16.5. The number of hydrogen-bond acceptors (Lipinski definition) is 6. The highest BCUT2D eigenvalue weighted by Crippen LogP contribution is 2.32. The Labute approximate surface area is 76.1 Å². The van der Waals surface area contributed by atoms with Gasteiger partial charge in [-0.15, -0.1) is 0 Å². The summed E-state index contributed by atoms with van der Waals surface area (Å²) in [4.78, 5) is 0. The van der Waals surface area contributed by atoms with Gasteiger partial charge in [-0.3, -0.25) is 0 Å². The molecule has 0 amide bonds. The second-order valence-electron chi connectivity index (χ2n) is 2.68. The molecule has 76 valence electrons. The molecular formula is C5H7N5O4. The molecule has 9 heteroatoms. The van der Waals surface area contributed by atoms with E-state index in [0.29, 0.717) is 0 Å². The lowest BCUT2D eigenvalue weighted by molar-refractivity contribution is -0.567. The SMILES string of the molecule is Nc1c(O)c2c(n1O)[n+]([O-])c(N)n2O. The van der Waals surface area contributed by atoms with Gasteiger partial charge in [0.25, 0.3) is 5.65 Å². The van der Waals surface area contributed by atoms with Crippen molar-refractivity contribution < 1.29 is 20.3 Å². The summed E-state index contributed by atoms with van der Waals surface area (Å²) in [6.07, 6.45) is 0. The normalized spacial score (nSPS) is 11.1. The van der Waals surface area contributed by atoms with Crippen LogP contribution in [0.4, 0.5) is 11.8 Å². The zero-order valence-corrected chi connectivity index (χ0v) is 6.75. The van der Waals surface area contributed by atoms with Gasteiger partial charge in [-0.25, -0.2) is 4.73 Å². The number of nitrogens with zero attached hydrogens (tertiary/aromatic N) is 3. The topological polar surface area (TPSA) is 150 Å². The Hall–Kier alpha value is -2.45. The smallest absolute Gasteiger partial charge is 0.350 e. The first-order valence-corrected chi connectivity index (χ1v) is 3.48. The van der Waals surface area contributed by atoms with E-state index in [1.807, 2.05) is 0 Å². The van der Waals surface area contributed by atoms with Crippen LogP contribution in [-0.2, 0) is 0 Å². The van der Waals surface area contributed by atoms with E-state index in [2.05, 4.69) is 0 Å². The fourth-order valence-electron chi connectivity index (χ4n) is 1.23. The summed E-state index contributed by atoms with van der Waals surface area (Å²) in [5.74, 6) is -1.66. The van der Waals surface area contributed by atoms with Crippen LogP contribution in [-0.4, -0.2) is 25.0 Å². The molecule has 0 saturated heterocycles. The highest BCUT2D eigenvalue weighted by molar-refractivity contribution is 5.85. The second-order valence-corrected chi connectivity index (χ2v) is 2.68. The maximum Gasteiger partial charge on any atom is 0.350 e. The van der Waals surface area contributed by atoms with Crippen molar-refractivity contribution in [2.45, 2.75) is 0 Å². The number of aromatic nitrogens is 3. The Morgan fingerprint density at radius 3 is 2.29 bits per heavy atom. The van der Waals surface area contributed by atoms with Crippen LogP contribution in [0, 0.1) is 5.21 Å². The van der Waals surface area contributed by atoms with E-state index in [1.54, 1.807) is 0 Å². The zero-order chi connectivity index (χ0) is 10.6. The first-order valence-electron chi connectivity index (χ1n) is 3.48. The fraction of sp³-hybridized carbons (Fsp3) is 0. The van der Waals surface area contributed by atoms with Gasteiger partial charge in [-0.2, -0.15) is 0 Å². The van der Waals surface area contributed by atoms with Crippen molar-refractivity contribution in [3.63, 3.8) is 0 Å². The molecule has 0 radical (unpaired) electrons. The van der Waals surface area contributed by atoms with Crippen molar-refractivity contribution in [3.05, 3.63) is 5.21 Å². The molecule has 0 fully saturated rings. The molecule has 0 aromatic carbocycles. The summed E-state index contributed by atoms with van der Waals surface area (Å²) in [6.45, 7) is 0. The molecule has 2 heterocycles. The molecule has 0 saturated carbocycles. The Balaban J connectivity index is 3.08. The average molecular weight is 201 g/mol. The van der Waals surface area contributed by atoms with E-state index < -0.39 is 23.2 Å². The van der Waals surface area contributed by atoms with Gasteiger partial charge in [0.1, 0.15) is 0 Å². The predicted octanol–water partition coefficient (Wildman–Crippen LogP) is -1.58.